The van der Waals surface area contributed by atoms with Crippen LogP contribution in [0.3, 0.4) is 0 Å². The number of hydrogen-bond acceptors (Lipinski definition) is 4. The molecule has 0 aliphatic heterocycles. The summed E-state index contributed by atoms with van der Waals surface area (Å²) in [6.45, 7) is 7.85. The van der Waals surface area contributed by atoms with Crippen LogP contribution in [0.1, 0.15) is 59.3 Å². The van der Waals surface area contributed by atoms with Crippen LogP contribution in [0.15, 0.2) is 0 Å². The Kier molecular flexibility index (Phi) is 6.09. The molecule has 128 valence electrons. The van der Waals surface area contributed by atoms with E-state index in [1.807, 2.05) is 20.8 Å². The van der Waals surface area contributed by atoms with E-state index in [1.54, 1.807) is 0 Å². The molecule has 2 fully saturated rings. The number of alkyl carbamates (subject to hydrolysis) is 1. The molecule has 0 bridgehead atoms. The van der Waals surface area contributed by atoms with Crippen LogP contribution in [0.5, 0.6) is 0 Å². The molecule has 2 saturated carbocycles. The van der Waals surface area contributed by atoms with Crippen molar-refractivity contribution in [2.45, 2.75) is 83.0 Å². The lowest BCUT2D eigenvalue weighted by atomic mass is 9.91. The predicted octanol–water partition coefficient (Wildman–Crippen LogP) is 2.51. The smallest absolute Gasteiger partial charge is 0.407 e. The Balaban J connectivity index is 1.64. The molecule has 2 N–H and O–H groups in total. The van der Waals surface area contributed by atoms with Crippen molar-refractivity contribution in [3.05, 3.63) is 0 Å². The minimum atomic E-state index is -0.427. The second kappa shape index (κ2) is 7.64. The van der Waals surface area contributed by atoms with E-state index in [9.17, 15) is 4.79 Å². The maximum absolute atomic E-state index is 11.9. The number of likely N-dealkylation sites (N-methyl/N-ethyl adjacent to an activating group) is 1. The van der Waals surface area contributed by atoms with Crippen LogP contribution < -0.4 is 10.6 Å². The quantitative estimate of drug-likeness (QED) is 0.791. The first-order valence-electron chi connectivity index (χ1n) is 8.76. The average molecular weight is 311 g/mol. The summed E-state index contributed by atoms with van der Waals surface area (Å²) in [6, 6.07) is 1.58. The molecule has 2 atom stereocenters. The average Bonchev–Trinajstić information content (AvgIpc) is 3.20. The lowest BCUT2D eigenvalue weighted by molar-refractivity contribution is 0.0488. The van der Waals surface area contributed by atoms with Crippen molar-refractivity contribution in [3.8, 4) is 0 Å². The zero-order chi connectivity index (χ0) is 16.2. The number of rotatable bonds is 6. The zero-order valence-corrected chi connectivity index (χ0v) is 14.7. The molecule has 2 aliphatic rings. The first-order chi connectivity index (χ1) is 10.3. The third-order valence-electron chi connectivity index (χ3n) is 4.46. The zero-order valence-electron chi connectivity index (χ0n) is 14.7. The third kappa shape index (κ3) is 6.53. The van der Waals surface area contributed by atoms with Gasteiger partial charge in [-0.1, -0.05) is 0 Å². The van der Waals surface area contributed by atoms with Gasteiger partial charge < -0.3 is 20.3 Å². The van der Waals surface area contributed by atoms with Crippen molar-refractivity contribution in [2.24, 2.45) is 0 Å². The molecule has 2 unspecified atom stereocenters. The predicted molar refractivity (Wildman–Crippen MR) is 89.1 cm³/mol. The van der Waals surface area contributed by atoms with Crippen LogP contribution in [-0.4, -0.2) is 54.9 Å². The molecule has 2 rings (SSSR count). The summed E-state index contributed by atoms with van der Waals surface area (Å²) in [5.41, 5.74) is -0.427. The van der Waals surface area contributed by atoms with Gasteiger partial charge in [-0.05, 0) is 66.3 Å². The molecule has 0 aromatic rings. The number of hydrogen-bond donors (Lipinski definition) is 2. The summed E-state index contributed by atoms with van der Waals surface area (Å²) in [5, 5.41) is 6.67. The van der Waals surface area contributed by atoms with E-state index >= 15 is 0 Å². The molecule has 2 aliphatic carbocycles. The SMILES string of the molecule is CN(CCNC1CCCC(NC(=O)OC(C)(C)C)C1)C1CC1. The van der Waals surface area contributed by atoms with Crippen molar-refractivity contribution < 1.29 is 9.53 Å². The number of nitrogens with zero attached hydrogens (tertiary/aromatic N) is 1. The fourth-order valence-electron chi connectivity index (χ4n) is 3.12. The maximum Gasteiger partial charge on any atom is 0.407 e. The van der Waals surface area contributed by atoms with Crippen LogP contribution in [0.25, 0.3) is 0 Å². The standard InChI is InChI=1S/C17H33N3O2/c1-17(2,3)22-16(21)19-14-7-5-6-13(12-14)18-10-11-20(4)15-8-9-15/h13-15,18H,5-12H2,1-4H3,(H,19,21). The van der Waals surface area contributed by atoms with Crippen molar-refractivity contribution in [2.75, 3.05) is 20.1 Å². The molecule has 0 spiro atoms. The lowest BCUT2D eigenvalue weighted by Crippen LogP contribution is -2.46. The third-order valence-corrected chi connectivity index (χ3v) is 4.46. The van der Waals surface area contributed by atoms with Crippen LogP contribution >= 0.6 is 0 Å². The summed E-state index contributed by atoms with van der Waals surface area (Å²) in [5.74, 6) is 0. The molecule has 1 amide bonds. The highest BCUT2D eigenvalue weighted by molar-refractivity contribution is 5.68. The molecule has 0 aromatic heterocycles. The van der Waals surface area contributed by atoms with Gasteiger partial charge in [0.2, 0.25) is 0 Å². The fourth-order valence-corrected chi connectivity index (χ4v) is 3.12. The summed E-state index contributed by atoms with van der Waals surface area (Å²) in [6.07, 6.45) is 6.87. The van der Waals surface area contributed by atoms with Crippen LogP contribution in [-0.2, 0) is 4.74 Å². The largest absolute Gasteiger partial charge is 0.444 e. The molecular formula is C17H33N3O2. The first-order valence-corrected chi connectivity index (χ1v) is 8.76. The van der Waals surface area contributed by atoms with Crippen molar-refractivity contribution >= 4 is 6.09 Å². The van der Waals surface area contributed by atoms with Gasteiger partial charge in [-0.2, -0.15) is 0 Å². The van der Waals surface area contributed by atoms with E-state index in [0.29, 0.717) is 6.04 Å². The molecule has 0 heterocycles. The summed E-state index contributed by atoms with van der Waals surface area (Å²) in [4.78, 5) is 14.3. The molecule has 5 heteroatoms. The van der Waals surface area contributed by atoms with Gasteiger partial charge in [-0.25, -0.2) is 4.79 Å². The lowest BCUT2D eigenvalue weighted by Gasteiger charge is -2.31. The van der Waals surface area contributed by atoms with E-state index < -0.39 is 5.60 Å². The maximum atomic E-state index is 11.9. The number of carbonyl (C=O) groups excluding carboxylic acids is 1. The summed E-state index contributed by atoms with van der Waals surface area (Å²) in [7, 11) is 2.22. The van der Waals surface area contributed by atoms with E-state index in [0.717, 1.165) is 38.4 Å². The summed E-state index contributed by atoms with van der Waals surface area (Å²) < 4.78 is 5.34. The highest BCUT2D eigenvalue weighted by atomic mass is 16.6. The Morgan fingerprint density at radius 3 is 2.50 bits per heavy atom. The van der Waals surface area contributed by atoms with E-state index in [4.69, 9.17) is 4.74 Å². The van der Waals surface area contributed by atoms with Gasteiger partial charge in [0, 0.05) is 31.2 Å². The van der Waals surface area contributed by atoms with Gasteiger partial charge in [0.05, 0.1) is 0 Å². The molecule has 22 heavy (non-hydrogen) atoms. The molecule has 5 nitrogen and oxygen atoms in total. The van der Waals surface area contributed by atoms with Crippen molar-refractivity contribution in [3.63, 3.8) is 0 Å². The topological polar surface area (TPSA) is 53.6 Å². The summed E-state index contributed by atoms with van der Waals surface area (Å²) >= 11 is 0. The van der Waals surface area contributed by atoms with Crippen LogP contribution in [0, 0.1) is 0 Å². The van der Waals surface area contributed by atoms with Crippen LogP contribution in [0.2, 0.25) is 0 Å². The first kappa shape index (κ1) is 17.5. The number of amides is 1. The Morgan fingerprint density at radius 2 is 1.86 bits per heavy atom. The van der Waals surface area contributed by atoms with Crippen molar-refractivity contribution in [1.29, 1.82) is 0 Å². The highest BCUT2D eigenvalue weighted by Crippen LogP contribution is 2.25. The second-order valence-electron chi connectivity index (χ2n) is 7.87. The van der Waals surface area contributed by atoms with Gasteiger partial charge in [0.15, 0.2) is 0 Å². The second-order valence-corrected chi connectivity index (χ2v) is 7.87. The number of nitrogens with one attached hydrogen (secondary N) is 2. The van der Waals surface area contributed by atoms with Gasteiger partial charge in [0.25, 0.3) is 0 Å². The van der Waals surface area contributed by atoms with Gasteiger partial charge in [0.1, 0.15) is 5.60 Å². The number of ether oxygens (including phenoxy) is 1. The molecule has 0 saturated heterocycles. The van der Waals surface area contributed by atoms with Gasteiger partial charge in [-0.15, -0.1) is 0 Å². The molecule has 0 aromatic carbocycles. The van der Waals surface area contributed by atoms with Crippen molar-refractivity contribution in [1.82, 2.24) is 15.5 Å². The van der Waals surface area contributed by atoms with E-state index in [-0.39, 0.29) is 12.1 Å². The Bertz CT molecular complexity index is 363. The minimum absolute atomic E-state index is 0.238. The molecule has 0 radical (unpaired) electrons. The van der Waals surface area contributed by atoms with E-state index in [2.05, 4.69) is 22.6 Å². The Labute approximate surface area is 135 Å². The highest BCUT2D eigenvalue weighted by Gasteiger charge is 2.27. The van der Waals surface area contributed by atoms with Crippen LogP contribution in [0.4, 0.5) is 4.79 Å². The fraction of sp³-hybridized carbons (Fsp3) is 0.941. The normalized spacial score (nSPS) is 26.0. The molecular weight excluding hydrogens is 278 g/mol. The van der Waals surface area contributed by atoms with Gasteiger partial charge in [-0.3, -0.25) is 0 Å². The van der Waals surface area contributed by atoms with Gasteiger partial charge >= 0.3 is 6.09 Å². The van der Waals surface area contributed by atoms with E-state index in [1.165, 1.54) is 19.3 Å². The number of carbonyl (C=O) groups is 1. The Morgan fingerprint density at radius 1 is 1.18 bits per heavy atom. The monoisotopic (exact) mass is 311 g/mol. The minimum Gasteiger partial charge on any atom is -0.444 e. The Hall–Kier alpha value is -0.810.